The quantitative estimate of drug-likeness (QED) is 0.113. The van der Waals surface area contributed by atoms with Crippen molar-refractivity contribution >= 4 is 0 Å². The van der Waals surface area contributed by atoms with E-state index in [-0.39, 0.29) is 13.0 Å². The van der Waals surface area contributed by atoms with Gasteiger partial charge in [0, 0.05) is 6.42 Å². The largest absolute Gasteiger partial charge is 0.395 e. The number of aliphatic hydroxyl groups excluding tert-OH is 3. The molecule has 4 nitrogen and oxygen atoms in total. The zero-order valence-electron chi connectivity index (χ0n) is 20.4. The van der Waals surface area contributed by atoms with Crippen LogP contribution < -0.4 is 5.73 Å². The summed E-state index contributed by atoms with van der Waals surface area (Å²) in [5.41, 5.74) is 5.52. The number of allylic oxidation sites excluding steroid dienone is 3. The number of nitrogens with two attached hydrogens (primary N) is 1. The van der Waals surface area contributed by atoms with E-state index in [0.717, 1.165) is 12.8 Å². The second kappa shape index (κ2) is 24.0. The van der Waals surface area contributed by atoms with Crippen LogP contribution in [-0.4, -0.2) is 40.2 Å². The van der Waals surface area contributed by atoms with Crippen molar-refractivity contribution in [3.8, 4) is 0 Å². The summed E-state index contributed by atoms with van der Waals surface area (Å²) in [6.07, 6.45) is 29.3. The maximum absolute atomic E-state index is 9.81. The van der Waals surface area contributed by atoms with Gasteiger partial charge in [-0.3, -0.25) is 0 Å². The third-order valence-electron chi connectivity index (χ3n) is 5.96. The highest BCUT2D eigenvalue weighted by atomic mass is 16.3. The number of hydrogen-bond donors (Lipinski definition) is 4. The van der Waals surface area contributed by atoms with Gasteiger partial charge in [-0.25, -0.2) is 0 Å². The molecule has 3 unspecified atom stereocenters. The first-order chi connectivity index (χ1) is 15.1. The maximum atomic E-state index is 9.81. The smallest absolute Gasteiger partial charge is 0.0746 e. The molecule has 0 aromatic heterocycles. The van der Waals surface area contributed by atoms with Crippen LogP contribution in [0.5, 0.6) is 0 Å². The Bertz CT molecular complexity index is 411. The molecule has 0 amide bonds. The van der Waals surface area contributed by atoms with E-state index in [1.807, 2.05) is 6.08 Å². The lowest BCUT2D eigenvalue weighted by Crippen LogP contribution is -2.39. The number of aliphatic hydroxyl groups is 3. The molecule has 0 rings (SSSR count). The molecular weight excluding hydrogens is 386 g/mol. The molecule has 0 aromatic rings. The lowest BCUT2D eigenvalue weighted by Gasteiger charge is -2.17. The molecule has 0 saturated heterocycles. The van der Waals surface area contributed by atoms with Gasteiger partial charge in [0.25, 0.3) is 0 Å². The third kappa shape index (κ3) is 22.3. The van der Waals surface area contributed by atoms with Gasteiger partial charge in [0.05, 0.1) is 24.9 Å². The molecule has 0 fully saturated rings. The van der Waals surface area contributed by atoms with Crippen molar-refractivity contribution in [1.82, 2.24) is 0 Å². The standard InChI is InChI=1S/C27H53NO3/c1-2-3-4-5-6-7-8-9-10-11-12-13-14-15-16-17-18-19-20-21-22-25(30)23-27(31)26(28)24-29/h18-19,21-22,25-27,29-31H,2-17,20,23-24,28H2,1H3/b19-18+,22-21+. The van der Waals surface area contributed by atoms with Gasteiger partial charge in [0.1, 0.15) is 0 Å². The number of unbranched alkanes of at least 4 members (excludes halogenated alkanes) is 15. The van der Waals surface area contributed by atoms with Gasteiger partial charge in [-0.1, -0.05) is 121 Å². The van der Waals surface area contributed by atoms with Crippen LogP contribution in [-0.2, 0) is 0 Å². The van der Waals surface area contributed by atoms with E-state index in [4.69, 9.17) is 10.8 Å². The molecule has 0 aromatic carbocycles. The Morgan fingerprint density at radius 1 is 0.677 bits per heavy atom. The summed E-state index contributed by atoms with van der Waals surface area (Å²) in [5.74, 6) is 0. The highest BCUT2D eigenvalue weighted by molar-refractivity contribution is 4.96. The fourth-order valence-corrected chi connectivity index (χ4v) is 3.78. The molecule has 0 aliphatic heterocycles. The highest BCUT2D eigenvalue weighted by Gasteiger charge is 2.16. The molecule has 0 spiro atoms. The zero-order valence-corrected chi connectivity index (χ0v) is 20.4. The van der Waals surface area contributed by atoms with E-state index in [9.17, 15) is 10.2 Å². The topological polar surface area (TPSA) is 86.7 Å². The van der Waals surface area contributed by atoms with Gasteiger partial charge in [-0.2, -0.15) is 0 Å². The van der Waals surface area contributed by atoms with Crippen LogP contribution in [0.15, 0.2) is 24.3 Å². The van der Waals surface area contributed by atoms with Gasteiger partial charge in [0.2, 0.25) is 0 Å². The summed E-state index contributed by atoms with van der Waals surface area (Å²) >= 11 is 0. The minimum absolute atomic E-state index is 0.154. The Balaban J connectivity index is 3.34. The molecule has 184 valence electrons. The van der Waals surface area contributed by atoms with Crippen molar-refractivity contribution in [2.75, 3.05) is 6.61 Å². The van der Waals surface area contributed by atoms with Crippen molar-refractivity contribution in [3.05, 3.63) is 24.3 Å². The van der Waals surface area contributed by atoms with Crippen molar-refractivity contribution in [3.63, 3.8) is 0 Å². The van der Waals surface area contributed by atoms with Crippen molar-refractivity contribution < 1.29 is 15.3 Å². The van der Waals surface area contributed by atoms with Crippen LogP contribution in [0.2, 0.25) is 0 Å². The third-order valence-corrected chi connectivity index (χ3v) is 5.96. The minimum atomic E-state index is -0.884. The van der Waals surface area contributed by atoms with Gasteiger partial charge in [0.15, 0.2) is 0 Å². The summed E-state index contributed by atoms with van der Waals surface area (Å²) < 4.78 is 0. The Morgan fingerprint density at radius 2 is 1.16 bits per heavy atom. The molecule has 3 atom stereocenters. The van der Waals surface area contributed by atoms with Crippen LogP contribution in [0.4, 0.5) is 0 Å². The molecule has 4 heteroatoms. The SMILES string of the molecule is CCCCCCCCCCCCCCCCC/C=C/C/C=C/C(O)CC(O)C(N)CO. The molecule has 0 radical (unpaired) electrons. The second-order valence-corrected chi connectivity index (χ2v) is 9.09. The van der Waals surface area contributed by atoms with Crippen LogP contribution >= 0.6 is 0 Å². The number of hydrogen-bond acceptors (Lipinski definition) is 4. The van der Waals surface area contributed by atoms with E-state index >= 15 is 0 Å². The first-order valence-electron chi connectivity index (χ1n) is 13.2. The monoisotopic (exact) mass is 439 g/mol. The Kier molecular flexibility index (Phi) is 23.4. The maximum Gasteiger partial charge on any atom is 0.0746 e. The van der Waals surface area contributed by atoms with E-state index in [2.05, 4.69) is 19.1 Å². The normalized spacial score (nSPS) is 15.1. The Hall–Kier alpha value is -0.680. The van der Waals surface area contributed by atoms with Crippen LogP contribution in [0.3, 0.4) is 0 Å². The average Bonchev–Trinajstić information content (AvgIpc) is 2.77. The van der Waals surface area contributed by atoms with E-state index in [1.165, 1.54) is 96.3 Å². The first kappa shape index (κ1) is 30.3. The molecule has 31 heavy (non-hydrogen) atoms. The van der Waals surface area contributed by atoms with E-state index < -0.39 is 18.2 Å². The lowest BCUT2D eigenvalue weighted by molar-refractivity contribution is 0.0658. The molecule has 5 N–H and O–H groups in total. The predicted molar refractivity (Wildman–Crippen MR) is 134 cm³/mol. The van der Waals surface area contributed by atoms with Crippen molar-refractivity contribution in [2.45, 2.75) is 141 Å². The lowest BCUT2D eigenvalue weighted by atomic mass is 10.0. The molecule has 0 aliphatic carbocycles. The molecule has 0 heterocycles. The van der Waals surface area contributed by atoms with E-state index in [0.29, 0.717) is 0 Å². The van der Waals surface area contributed by atoms with Gasteiger partial charge >= 0.3 is 0 Å². The van der Waals surface area contributed by atoms with Crippen LogP contribution in [0, 0.1) is 0 Å². The summed E-state index contributed by atoms with van der Waals surface area (Å²) in [5, 5.41) is 28.3. The summed E-state index contributed by atoms with van der Waals surface area (Å²) in [4.78, 5) is 0. The van der Waals surface area contributed by atoms with Crippen LogP contribution in [0.1, 0.15) is 122 Å². The predicted octanol–water partition coefficient (Wildman–Crippen LogP) is 6.18. The molecule has 0 aliphatic rings. The van der Waals surface area contributed by atoms with Crippen molar-refractivity contribution in [1.29, 1.82) is 0 Å². The van der Waals surface area contributed by atoms with Gasteiger partial charge in [-0.15, -0.1) is 0 Å². The van der Waals surface area contributed by atoms with Crippen LogP contribution in [0.25, 0.3) is 0 Å². The highest BCUT2D eigenvalue weighted by Crippen LogP contribution is 2.14. The molecule has 0 bridgehead atoms. The van der Waals surface area contributed by atoms with Gasteiger partial charge in [-0.05, 0) is 19.3 Å². The summed E-state index contributed by atoms with van der Waals surface area (Å²) in [6, 6.07) is -0.696. The second-order valence-electron chi connectivity index (χ2n) is 9.09. The molecular formula is C27H53NO3. The first-order valence-corrected chi connectivity index (χ1v) is 13.2. The fraction of sp³-hybridized carbons (Fsp3) is 0.852. The van der Waals surface area contributed by atoms with Crippen molar-refractivity contribution in [2.24, 2.45) is 5.73 Å². The van der Waals surface area contributed by atoms with Gasteiger partial charge < -0.3 is 21.1 Å². The fourth-order valence-electron chi connectivity index (χ4n) is 3.78. The Morgan fingerprint density at radius 3 is 1.65 bits per heavy atom. The van der Waals surface area contributed by atoms with E-state index in [1.54, 1.807) is 6.08 Å². The number of rotatable bonds is 23. The zero-order chi connectivity index (χ0) is 23.0. The molecule has 0 saturated carbocycles. The summed E-state index contributed by atoms with van der Waals surface area (Å²) in [7, 11) is 0. The summed E-state index contributed by atoms with van der Waals surface area (Å²) in [6.45, 7) is 2.00. The minimum Gasteiger partial charge on any atom is -0.395 e. The average molecular weight is 440 g/mol. The Labute approximate surface area is 193 Å².